The minimum absolute atomic E-state index is 0.0635. The van der Waals surface area contributed by atoms with E-state index in [9.17, 15) is 0 Å². The first-order chi connectivity index (χ1) is 7.10. The zero-order valence-corrected chi connectivity index (χ0v) is 12.8. The van der Waals surface area contributed by atoms with Crippen molar-refractivity contribution in [2.75, 3.05) is 26.2 Å². The van der Waals surface area contributed by atoms with Crippen LogP contribution < -0.4 is 4.98 Å². The maximum Gasteiger partial charge on any atom is 0.119 e. The van der Waals surface area contributed by atoms with Crippen LogP contribution in [0.2, 0.25) is 6.55 Å². The van der Waals surface area contributed by atoms with E-state index < -0.39 is 0 Å². The number of hydrogen-bond acceptors (Lipinski definition) is 3. The first-order valence-corrected chi connectivity index (χ1v) is 8.47. The molecule has 0 aromatic heterocycles. The van der Waals surface area contributed by atoms with Crippen molar-refractivity contribution in [2.24, 2.45) is 0 Å². The molecule has 0 saturated carbocycles. The maximum atomic E-state index is 3.75. The van der Waals surface area contributed by atoms with Crippen LogP contribution in [0.4, 0.5) is 0 Å². The van der Waals surface area contributed by atoms with Gasteiger partial charge in [-0.3, -0.25) is 9.80 Å². The van der Waals surface area contributed by atoms with Crippen molar-refractivity contribution in [3.8, 4) is 0 Å². The van der Waals surface area contributed by atoms with Gasteiger partial charge in [-0.25, -0.2) is 0 Å². The molecule has 0 radical (unpaired) electrons. The van der Waals surface area contributed by atoms with E-state index in [-0.39, 0.29) is 15.5 Å². The molecule has 0 fully saturated rings. The lowest BCUT2D eigenvalue weighted by atomic mass is 10.2. The third kappa shape index (κ3) is 3.55. The van der Waals surface area contributed by atoms with E-state index in [0.29, 0.717) is 0 Å². The molecule has 0 atom stereocenters. The molecule has 0 unspecified atom stereocenters. The standard InChI is InChI=1S/C11H29N3Si/c1-7-13(8-2)11(5,12-15-6)14(9-3)10-4/h12H,7-10,15H2,1-6H3. The summed E-state index contributed by atoms with van der Waals surface area (Å²) in [7, 11) is -0.146. The number of hydrogen-bond donors (Lipinski definition) is 1. The van der Waals surface area contributed by atoms with Crippen LogP contribution in [0, 0.1) is 0 Å². The van der Waals surface area contributed by atoms with Crippen molar-refractivity contribution >= 4 is 9.68 Å². The topological polar surface area (TPSA) is 18.5 Å². The largest absolute Gasteiger partial charge is 0.314 e. The van der Waals surface area contributed by atoms with Crippen molar-refractivity contribution in [3.63, 3.8) is 0 Å². The van der Waals surface area contributed by atoms with Crippen LogP contribution in [0.25, 0.3) is 0 Å². The lowest BCUT2D eigenvalue weighted by Crippen LogP contribution is -2.67. The van der Waals surface area contributed by atoms with Crippen LogP contribution in [0.3, 0.4) is 0 Å². The molecule has 3 nitrogen and oxygen atoms in total. The SMILES string of the molecule is CCN(CC)C(C)(N[SiH2]C)N(CC)CC. The van der Waals surface area contributed by atoms with E-state index >= 15 is 0 Å². The Hall–Kier alpha value is 0.0969. The highest BCUT2D eigenvalue weighted by molar-refractivity contribution is 6.30. The van der Waals surface area contributed by atoms with Gasteiger partial charge in [0.2, 0.25) is 0 Å². The molecule has 0 aromatic carbocycles. The predicted molar refractivity (Wildman–Crippen MR) is 71.8 cm³/mol. The fourth-order valence-corrected chi connectivity index (χ4v) is 3.55. The van der Waals surface area contributed by atoms with E-state index in [0.717, 1.165) is 26.2 Å². The van der Waals surface area contributed by atoms with E-state index in [4.69, 9.17) is 0 Å². The summed E-state index contributed by atoms with van der Waals surface area (Å²) in [6, 6.07) is 0. The second-order valence-electron chi connectivity index (χ2n) is 3.90. The van der Waals surface area contributed by atoms with Crippen LogP contribution >= 0.6 is 0 Å². The fraction of sp³-hybridized carbons (Fsp3) is 1.00. The van der Waals surface area contributed by atoms with Crippen molar-refractivity contribution in [1.29, 1.82) is 0 Å². The van der Waals surface area contributed by atoms with Crippen LogP contribution in [0.1, 0.15) is 34.6 Å². The molecule has 0 aliphatic rings. The average molecular weight is 231 g/mol. The zero-order valence-electron chi connectivity index (χ0n) is 11.4. The Kier molecular flexibility index (Phi) is 7.43. The summed E-state index contributed by atoms with van der Waals surface area (Å²) in [6.07, 6.45) is 0. The molecule has 0 rings (SSSR count). The first kappa shape index (κ1) is 15.1. The van der Waals surface area contributed by atoms with Crippen LogP contribution in [-0.4, -0.2) is 51.4 Å². The Bertz CT molecular complexity index is 144. The van der Waals surface area contributed by atoms with Gasteiger partial charge in [-0.05, 0) is 33.1 Å². The summed E-state index contributed by atoms with van der Waals surface area (Å²) >= 11 is 0. The van der Waals surface area contributed by atoms with E-state index in [1.165, 1.54) is 0 Å². The summed E-state index contributed by atoms with van der Waals surface area (Å²) < 4.78 is 0. The molecule has 0 aliphatic heterocycles. The molecule has 1 N–H and O–H groups in total. The summed E-state index contributed by atoms with van der Waals surface area (Å²) in [5.74, 6) is 0.0635. The molecule has 15 heavy (non-hydrogen) atoms. The molecule has 0 heterocycles. The molecule has 0 aliphatic carbocycles. The van der Waals surface area contributed by atoms with E-state index in [1.807, 2.05) is 0 Å². The smallest absolute Gasteiger partial charge is 0.119 e. The normalized spacial score (nSPS) is 13.6. The van der Waals surface area contributed by atoms with Gasteiger partial charge < -0.3 is 4.98 Å². The monoisotopic (exact) mass is 231 g/mol. The van der Waals surface area contributed by atoms with Crippen molar-refractivity contribution < 1.29 is 0 Å². The quantitative estimate of drug-likeness (QED) is 0.498. The van der Waals surface area contributed by atoms with Gasteiger partial charge in [-0.1, -0.05) is 34.2 Å². The summed E-state index contributed by atoms with van der Waals surface area (Å²) in [6.45, 7) is 18.0. The number of nitrogens with one attached hydrogen (secondary N) is 1. The molecule has 92 valence electrons. The molecular formula is C11H29N3Si. The third-order valence-electron chi connectivity index (χ3n) is 3.27. The molecule has 4 heteroatoms. The number of nitrogens with zero attached hydrogens (tertiary/aromatic N) is 2. The van der Waals surface area contributed by atoms with Gasteiger partial charge in [0.05, 0.1) is 9.68 Å². The van der Waals surface area contributed by atoms with Crippen LogP contribution in [0.5, 0.6) is 0 Å². The third-order valence-corrected chi connectivity index (χ3v) is 4.29. The Morgan fingerprint density at radius 3 is 1.47 bits per heavy atom. The first-order valence-electron chi connectivity index (χ1n) is 6.35. The maximum absolute atomic E-state index is 3.75. The Morgan fingerprint density at radius 1 is 0.933 bits per heavy atom. The molecule has 0 aromatic rings. The van der Waals surface area contributed by atoms with E-state index in [2.05, 4.69) is 55.9 Å². The van der Waals surface area contributed by atoms with Gasteiger partial charge in [-0.15, -0.1) is 0 Å². The Labute approximate surface area is 98.1 Å². The van der Waals surface area contributed by atoms with Crippen molar-refractivity contribution in [2.45, 2.75) is 47.0 Å². The fourth-order valence-electron chi connectivity index (χ4n) is 2.44. The van der Waals surface area contributed by atoms with Gasteiger partial charge >= 0.3 is 0 Å². The second-order valence-corrected chi connectivity index (χ2v) is 4.96. The minimum Gasteiger partial charge on any atom is -0.314 e. The lowest BCUT2D eigenvalue weighted by Gasteiger charge is -2.48. The molecular weight excluding hydrogens is 202 g/mol. The Balaban J connectivity index is 4.82. The highest BCUT2D eigenvalue weighted by atomic mass is 28.2. The van der Waals surface area contributed by atoms with Gasteiger partial charge in [0.25, 0.3) is 0 Å². The summed E-state index contributed by atoms with van der Waals surface area (Å²) in [5.41, 5.74) is 0. The minimum atomic E-state index is -0.146. The summed E-state index contributed by atoms with van der Waals surface area (Å²) in [5, 5.41) is 0. The highest BCUT2D eigenvalue weighted by Gasteiger charge is 2.33. The van der Waals surface area contributed by atoms with Gasteiger partial charge in [0, 0.05) is 0 Å². The molecule has 0 saturated heterocycles. The van der Waals surface area contributed by atoms with Gasteiger partial charge in [-0.2, -0.15) is 0 Å². The summed E-state index contributed by atoms with van der Waals surface area (Å²) in [4.78, 5) is 8.77. The lowest BCUT2D eigenvalue weighted by molar-refractivity contribution is -0.0456. The second kappa shape index (κ2) is 7.38. The highest BCUT2D eigenvalue weighted by Crippen LogP contribution is 2.16. The van der Waals surface area contributed by atoms with Crippen LogP contribution in [0.15, 0.2) is 0 Å². The van der Waals surface area contributed by atoms with Gasteiger partial charge in [0.1, 0.15) is 5.79 Å². The van der Waals surface area contributed by atoms with Crippen molar-refractivity contribution in [3.05, 3.63) is 0 Å². The molecule has 0 amide bonds. The molecule has 0 spiro atoms. The average Bonchev–Trinajstić information content (AvgIpc) is 2.21. The Morgan fingerprint density at radius 2 is 1.27 bits per heavy atom. The predicted octanol–water partition coefficient (Wildman–Crippen LogP) is 1.07. The van der Waals surface area contributed by atoms with E-state index in [1.54, 1.807) is 0 Å². The molecule has 0 bridgehead atoms. The van der Waals surface area contributed by atoms with Crippen LogP contribution in [-0.2, 0) is 0 Å². The van der Waals surface area contributed by atoms with Crippen molar-refractivity contribution in [1.82, 2.24) is 14.8 Å². The zero-order chi connectivity index (χ0) is 11.9. The van der Waals surface area contributed by atoms with Gasteiger partial charge in [0.15, 0.2) is 0 Å². The number of rotatable bonds is 8.